The van der Waals surface area contributed by atoms with Crippen LogP contribution in [0.4, 0.5) is 11.4 Å². The molecule has 0 aliphatic rings. The molecule has 0 aliphatic heterocycles. The molecule has 17 heavy (non-hydrogen) atoms. The first-order valence-corrected chi connectivity index (χ1v) is 6.42. The van der Waals surface area contributed by atoms with E-state index in [9.17, 15) is 10.1 Å². The monoisotopic (exact) mass is 251 g/mol. The van der Waals surface area contributed by atoms with Crippen LogP contribution < -0.4 is 5.32 Å². The Kier molecular flexibility index (Phi) is 4.79. The largest absolute Gasteiger partial charge is 0.382 e. The molecule has 0 aromatic heterocycles. The second-order valence-corrected chi connectivity index (χ2v) is 4.51. The minimum atomic E-state index is -0.539. The van der Waals surface area contributed by atoms with Crippen LogP contribution in [0, 0.1) is 21.4 Å². The summed E-state index contributed by atoms with van der Waals surface area (Å²) in [7, 11) is 0. The Labute approximate surface area is 104 Å². The van der Waals surface area contributed by atoms with Crippen molar-refractivity contribution in [3.63, 3.8) is 0 Å². The molecule has 1 unspecified atom stereocenters. The van der Waals surface area contributed by atoms with E-state index in [4.69, 9.17) is 5.26 Å². The first-order valence-electron chi connectivity index (χ1n) is 5.02. The van der Waals surface area contributed by atoms with Gasteiger partial charge in [0.25, 0.3) is 5.69 Å². The van der Waals surface area contributed by atoms with Crippen molar-refractivity contribution in [2.75, 3.05) is 17.3 Å². The predicted octanol–water partition coefficient (Wildman–Crippen LogP) is 2.63. The SMILES string of the molecule is CSCC(C)Nc1ccc(C#N)c([N+](=O)[O-])c1. The van der Waals surface area contributed by atoms with Gasteiger partial charge in [-0.05, 0) is 25.3 Å². The van der Waals surface area contributed by atoms with Crippen LogP contribution in [0.3, 0.4) is 0 Å². The van der Waals surface area contributed by atoms with Crippen molar-refractivity contribution in [3.8, 4) is 6.07 Å². The van der Waals surface area contributed by atoms with Crippen molar-refractivity contribution in [1.82, 2.24) is 0 Å². The Morgan fingerprint density at radius 1 is 1.65 bits per heavy atom. The summed E-state index contributed by atoms with van der Waals surface area (Å²) in [6, 6.07) is 6.57. The van der Waals surface area contributed by atoms with Gasteiger partial charge < -0.3 is 5.32 Å². The Morgan fingerprint density at radius 2 is 2.35 bits per heavy atom. The van der Waals surface area contributed by atoms with Crippen molar-refractivity contribution in [3.05, 3.63) is 33.9 Å². The van der Waals surface area contributed by atoms with Gasteiger partial charge in [0.05, 0.1) is 4.92 Å². The molecule has 1 aromatic carbocycles. The highest BCUT2D eigenvalue weighted by Crippen LogP contribution is 2.23. The molecule has 0 bridgehead atoms. The molecular weight excluding hydrogens is 238 g/mol. The average Bonchev–Trinajstić information content (AvgIpc) is 2.29. The van der Waals surface area contributed by atoms with Crippen LogP contribution in [0.25, 0.3) is 0 Å². The lowest BCUT2D eigenvalue weighted by Gasteiger charge is -2.13. The van der Waals surface area contributed by atoms with Gasteiger partial charge in [0.1, 0.15) is 11.6 Å². The van der Waals surface area contributed by atoms with Crippen molar-refractivity contribution >= 4 is 23.1 Å². The first kappa shape index (κ1) is 13.3. The molecule has 0 fully saturated rings. The molecule has 6 heteroatoms. The molecule has 1 atom stereocenters. The number of nitro benzene ring substituents is 1. The number of hydrogen-bond acceptors (Lipinski definition) is 5. The van der Waals surface area contributed by atoms with E-state index in [1.54, 1.807) is 17.8 Å². The summed E-state index contributed by atoms with van der Waals surface area (Å²) in [6.07, 6.45) is 2.00. The van der Waals surface area contributed by atoms with E-state index in [0.29, 0.717) is 5.69 Å². The lowest BCUT2D eigenvalue weighted by atomic mass is 10.1. The highest BCUT2D eigenvalue weighted by molar-refractivity contribution is 7.98. The van der Waals surface area contributed by atoms with Crippen molar-refractivity contribution in [2.45, 2.75) is 13.0 Å². The number of rotatable bonds is 5. The first-order chi connectivity index (χ1) is 8.08. The minimum Gasteiger partial charge on any atom is -0.382 e. The molecular formula is C11H13N3O2S. The van der Waals surface area contributed by atoms with Crippen LogP contribution in [0.5, 0.6) is 0 Å². The molecule has 0 heterocycles. The van der Waals surface area contributed by atoms with Gasteiger partial charge >= 0.3 is 0 Å². The quantitative estimate of drug-likeness (QED) is 0.642. The molecule has 0 saturated heterocycles. The topological polar surface area (TPSA) is 79.0 Å². The summed E-state index contributed by atoms with van der Waals surface area (Å²) in [6.45, 7) is 2.00. The van der Waals surface area contributed by atoms with Crippen LogP contribution in [-0.4, -0.2) is 23.0 Å². The molecule has 0 amide bonds. The van der Waals surface area contributed by atoms with Gasteiger partial charge in [-0.25, -0.2) is 0 Å². The third-order valence-corrected chi connectivity index (χ3v) is 2.98. The van der Waals surface area contributed by atoms with Gasteiger partial charge in [0, 0.05) is 23.5 Å². The fourth-order valence-corrected chi connectivity index (χ4v) is 2.03. The average molecular weight is 251 g/mol. The van der Waals surface area contributed by atoms with E-state index < -0.39 is 4.92 Å². The van der Waals surface area contributed by atoms with Crippen molar-refractivity contribution < 1.29 is 4.92 Å². The lowest BCUT2D eigenvalue weighted by molar-refractivity contribution is -0.385. The van der Waals surface area contributed by atoms with E-state index in [1.165, 1.54) is 12.1 Å². The highest BCUT2D eigenvalue weighted by Gasteiger charge is 2.14. The zero-order chi connectivity index (χ0) is 12.8. The summed E-state index contributed by atoms with van der Waals surface area (Å²) in [5.74, 6) is 0.911. The second kappa shape index (κ2) is 6.11. The fourth-order valence-electron chi connectivity index (χ4n) is 1.44. The maximum atomic E-state index is 10.8. The van der Waals surface area contributed by atoms with Gasteiger partial charge in [-0.15, -0.1) is 0 Å². The lowest BCUT2D eigenvalue weighted by Crippen LogP contribution is -2.17. The Hall–Kier alpha value is -1.74. The summed E-state index contributed by atoms with van der Waals surface area (Å²) < 4.78 is 0. The van der Waals surface area contributed by atoms with Gasteiger partial charge in [0.15, 0.2) is 0 Å². The third kappa shape index (κ3) is 3.64. The Bertz CT molecular complexity index is 457. The van der Waals surface area contributed by atoms with Crippen LogP contribution in [0.1, 0.15) is 12.5 Å². The molecule has 0 saturated carbocycles. The number of benzene rings is 1. The molecule has 1 rings (SSSR count). The molecule has 0 aliphatic carbocycles. The van der Waals surface area contributed by atoms with Crippen molar-refractivity contribution in [1.29, 1.82) is 5.26 Å². The number of nitro groups is 1. The van der Waals surface area contributed by atoms with Crippen molar-refractivity contribution in [2.24, 2.45) is 0 Å². The maximum Gasteiger partial charge on any atom is 0.289 e. The van der Waals surface area contributed by atoms with E-state index in [-0.39, 0.29) is 17.3 Å². The fraction of sp³-hybridized carbons (Fsp3) is 0.364. The van der Waals surface area contributed by atoms with Crippen LogP contribution in [0.15, 0.2) is 18.2 Å². The summed E-state index contributed by atoms with van der Waals surface area (Å²) >= 11 is 1.70. The second-order valence-electron chi connectivity index (χ2n) is 3.60. The smallest absolute Gasteiger partial charge is 0.289 e. The number of thioether (sulfide) groups is 1. The molecule has 90 valence electrons. The number of hydrogen-bond donors (Lipinski definition) is 1. The van der Waals surface area contributed by atoms with Gasteiger partial charge in [-0.2, -0.15) is 17.0 Å². The molecule has 0 spiro atoms. The molecule has 0 radical (unpaired) electrons. The number of nitrogens with zero attached hydrogens (tertiary/aromatic N) is 2. The number of nitrogens with one attached hydrogen (secondary N) is 1. The predicted molar refractivity (Wildman–Crippen MR) is 69.3 cm³/mol. The Balaban J connectivity index is 2.93. The van der Waals surface area contributed by atoms with E-state index in [1.807, 2.05) is 19.2 Å². The normalized spacial score (nSPS) is 11.6. The summed E-state index contributed by atoms with van der Waals surface area (Å²) in [5.41, 5.74) is 0.587. The van der Waals surface area contributed by atoms with E-state index >= 15 is 0 Å². The van der Waals surface area contributed by atoms with Gasteiger partial charge in [-0.1, -0.05) is 0 Å². The van der Waals surface area contributed by atoms with Crippen LogP contribution >= 0.6 is 11.8 Å². The minimum absolute atomic E-state index is 0.0815. The zero-order valence-corrected chi connectivity index (χ0v) is 10.5. The van der Waals surface area contributed by atoms with Crippen LogP contribution in [-0.2, 0) is 0 Å². The maximum absolute atomic E-state index is 10.8. The molecule has 1 aromatic rings. The third-order valence-electron chi connectivity index (χ3n) is 2.14. The van der Waals surface area contributed by atoms with E-state index in [0.717, 1.165) is 5.75 Å². The highest BCUT2D eigenvalue weighted by atomic mass is 32.2. The molecule has 5 nitrogen and oxygen atoms in total. The van der Waals surface area contributed by atoms with E-state index in [2.05, 4.69) is 5.32 Å². The Morgan fingerprint density at radius 3 is 2.88 bits per heavy atom. The zero-order valence-electron chi connectivity index (χ0n) is 9.64. The number of nitriles is 1. The van der Waals surface area contributed by atoms with Crippen LogP contribution in [0.2, 0.25) is 0 Å². The van der Waals surface area contributed by atoms with Gasteiger partial charge in [0.2, 0.25) is 0 Å². The standard InChI is InChI=1S/C11H13N3O2S/c1-8(7-17-2)13-10-4-3-9(6-12)11(5-10)14(15)16/h3-5,8,13H,7H2,1-2H3. The van der Waals surface area contributed by atoms with Gasteiger partial charge in [-0.3, -0.25) is 10.1 Å². The number of anilines is 1. The molecule has 1 N–H and O–H groups in total. The summed E-state index contributed by atoms with van der Waals surface area (Å²) in [4.78, 5) is 10.2. The summed E-state index contributed by atoms with van der Waals surface area (Å²) in [5, 5.41) is 22.7.